The van der Waals surface area contributed by atoms with Crippen molar-refractivity contribution in [3.8, 4) is 0 Å². The van der Waals surface area contributed by atoms with Crippen molar-refractivity contribution in [1.82, 2.24) is 5.32 Å². The molecule has 1 fully saturated rings. The van der Waals surface area contributed by atoms with Gasteiger partial charge < -0.3 is 5.32 Å². The van der Waals surface area contributed by atoms with Gasteiger partial charge in [-0.1, -0.05) is 18.5 Å². The van der Waals surface area contributed by atoms with Crippen molar-refractivity contribution in [2.24, 2.45) is 0 Å². The van der Waals surface area contributed by atoms with E-state index in [0.717, 1.165) is 22.2 Å². The Labute approximate surface area is 137 Å². The Balaban J connectivity index is 1.96. The molecule has 1 amide bonds. The molecule has 2 rings (SSSR count). The normalized spacial score (nSPS) is 22.5. The molecule has 1 N–H and O–H groups in total. The van der Waals surface area contributed by atoms with Crippen molar-refractivity contribution in [2.75, 3.05) is 5.75 Å². The summed E-state index contributed by atoms with van der Waals surface area (Å²) >= 11 is 10.1. The second-order valence-corrected chi connectivity index (χ2v) is 7.86. The van der Waals surface area contributed by atoms with E-state index in [1.807, 2.05) is 23.9 Å². The van der Waals surface area contributed by atoms with Gasteiger partial charge in [-0.25, -0.2) is 0 Å². The molecular formula is C14H17ClINOS. The maximum absolute atomic E-state index is 12.3. The first-order chi connectivity index (χ1) is 9.10. The number of carbonyl (C=O) groups is 1. The molecule has 1 aliphatic rings. The summed E-state index contributed by atoms with van der Waals surface area (Å²) in [6.07, 6.45) is 3.37. The molecule has 5 heteroatoms. The smallest absolute Gasteiger partial charge is 0.252 e. The molecule has 0 bridgehead atoms. The molecule has 1 aromatic rings. The molecule has 2 unspecified atom stereocenters. The number of hydrogen-bond donors (Lipinski definition) is 1. The van der Waals surface area contributed by atoms with Crippen LogP contribution in [0.25, 0.3) is 0 Å². The van der Waals surface area contributed by atoms with Crippen LogP contribution in [0, 0.1) is 3.57 Å². The molecule has 1 saturated carbocycles. The summed E-state index contributed by atoms with van der Waals surface area (Å²) in [4.78, 5) is 12.3. The van der Waals surface area contributed by atoms with Crippen molar-refractivity contribution in [1.29, 1.82) is 0 Å². The highest BCUT2D eigenvalue weighted by Crippen LogP contribution is 2.30. The fraction of sp³-hybridized carbons (Fsp3) is 0.500. The van der Waals surface area contributed by atoms with Crippen molar-refractivity contribution in [2.45, 2.75) is 37.5 Å². The van der Waals surface area contributed by atoms with Crippen molar-refractivity contribution >= 4 is 51.9 Å². The van der Waals surface area contributed by atoms with E-state index in [0.29, 0.717) is 21.9 Å². The average molecular weight is 410 g/mol. The molecule has 0 aliphatic heterocycles. The van der Waals surface area contributed by atoms with Gasteiger partial charge in [-0.15, -0.1) is 0 Å². The van der Waals surface area contributed by atoms with Gasteiger partial charge in [0.1, 0.15) is 0 Å². The van der Waals surface area contributed by atoms with Crippen LogP contribution >= 0.6 is 46.0 Å². The lowest BCUT2D eigenvalue weighted by molar-refractivity contribution is 0.0937. The van der Waals surface area contributed by atoms with E-state index in [2.05, 4.69) is 34.8 Å². The SMILES string of the molecule is CCSC1CCC(NC(=O)c2cc(Cl)ccc2I)C1. The van der Waals surface area contributed by atoms with Gasteiger partial charge in [-0.2, -0.15) is 11.8 Å². The van der Waals surface area contributed by atoms with Gasteiger partial charge in [0.05, 0.1) is 5.56 Å². The number of nitrogens with one attached hydrogen (secondary N) is 1. The van der Waals surface area contributed by atoms with Crippen LogP contribution in [0.3, 0.4) is 0 Å². The molecule has 0 saturated heterocycles. The standard InChI is InChI=1S/C14H17ClINOS/c1-2-19-11-5-4-10(8-11)17-14(18)12-7-9(15)3-6-13(12)16/h3,6-7,10-11H,2,4-5,8H2,1H3,(H,17,18). The van der Waals surface area contributed by atoms with Crippen LogP contribution in [0.2, 0.25) is 5.02 Å². The predicted molar refractivity (Wildman–Crippen MR) is 91.2 cm³/mol. The number of halogens is 2. The summed E-state index contributed by atoms with van der Waals surface area (Å²) in [7, 11) is 0. The lowest BCUT2D eigenvalue weighted by Crippen LogP contribution is -2.33. The van der Waals surface area contributed by atoms with E-state index in [1.54, 1.807) is 6.07 Å². The minimum Gasteiger partial charge on any atom is -0.349 e. The Morgan fingerprint density at radius 2 is 2.32 bits per heavy atom. The van der Waals surface area contributed by atoms with E-state index in [-0.39, 0.29) is 5.91 Å². The van der Waals surface area contributed by atoms with Gasteiger partial charge in [0.2, 0.25) is 0 Å². The summed E-state index contributed by atoms with van der Waals surface area (Å²) in [5, 5.41) is 4.45. The topological polar surface area (TPSA) is 29.1 Å². The molecule has 19 heavy (non-hydrogen) atoms. The first-order valence-corrected chi connectivity index (χ1v) is 8.98. The third-order valence-electron chi connectivity index (χ3n) is 3.30. The third kappa shape index (κ3) is 4.26. The molecule has 0 heterocycles. The zero-order valence-electron chi connectivity index (χ0n) is 10.8. The molecule has 0 radical (unpaired) electrons. The van der Waals surface area contributed by atoms with E-state index in [4.69, 9.17) is 11.6 Å². The zero-order chi connectivity index (χ0) is 13.8. The Morgan fingerprint density at radius 1 is 1.53 bits per heavy atom. The molecule has 1 aliphatic carbocycles. The average Bonchev–Trinajstić information content (AvgIpc) is 2.80. The number of amides is 1. The molecule has 0 aromatic heterocycles. The maximum atomic E-state index is 12.3. The van der Waals surface area contributed by atoms with Crippen molar-refractivity contribution in [3.05, 3.63) is 32.4 Å². The van der Waals surface area contributed by atoms with Gasteiger partial charge in [0, 0.05) is 19.9 Å². The largest absolute Gasteiger partial charge is 0.349 e. The number of hydrogen-bond acceptors (Lipinski definition) is 2. The molecule has 2 nitrogen and oxygen atoms in total. The third-order valence-corrected chi connectivity index (χ3v) is 5.70. The summed E-state index contributed by atoms with van der Waals surface area (Å²) < 4.78 is 0.942. The minimum absolute atomic E-state index is 0.000881. The Bertz CT molecular complexity index is 469. The Kier molecular flexibility index (Phi) is 5.84. The van der Waals surface area contributed by atoms with Crippen LogP contribution < -0.4 is 5.32 Å². The number of thioether (sulfide) groups is 1. The van der Waals surface area contributed by atoms with E-state index in [9.17, 15) is 4.79 Å². The second kappa shape index (κ2) is 7.18. The van der Waals surface area contributed by atoms with Crippen molar-refractivity contribution in [3.63, 3.8) is 0 Å². The Hall–Kier alpha value is 0.0600. The van der Waals surface area contributed by atoms with E-state index < -0.39 is 0 Å². The highest BCUT2D eigenvalue weighted by molar-refractivity contribution is 14.1. The Morgan fingerprint density at radius 3 is 3.05 bits per heavy atom. The minimum atomic E-state index is -0.000881. The number of carbonyl (C=O) groups excluding carboxylic acids is 1. The van der Waals surface area contributed by atoms with E-state index in [1.165, 1.54) is 6.42 Å². The highest BCUT2D eigenvalue weighted by Gasteiger charge is 2.26. The van der Waals surface area contributed by atoms with Crippen LogP contribution in [0.5, 0.6) is 0 Å². The van der Waals surface area contributed by atoms with Crippen LogP contribution in [0.15, 0.2) is 18.2 Å². The van der Waals surface area contributed by atoms with Gasteiger partial charge >= 0.3 is 0 Å². The molecule has 1 aromatic carbocycles. The quantitative estimate of drug-likeness (QED) is 0.749. The highest BCUT2D eigenvalue weighted by atomic mass is 127. The molecule has 2 atom stereocenters. The van der Waals surface area contributed by atoms with Crippen LogP contribution in [-0.4, -0.2) is 23.0 Å². The number of benzene rings is 1. The summed E-state index contributed by atoms with van der Waals surface area (Å²) in [5.74, 6) is 1.15. The maximum Gasteiger partial charge on any atom is 0.252 e. The second-order valence-electron chi connectivity index (χ2n) is 4.68. The van der Waals surface area contributed by atoms with Gasteiger partial charge in [-0.3, -0.25) is 4.79 Å². The fourth-order valence-corrected chi connectivity index (χ4v) is 4.29. The number of rotatable bonds is 4. The van der Waals surface area contributed by atoms with Crippen LogP contribution in [0.4, 0.5) is 0 Å². The predicted octanol–water partition coefficient (Wildman–Crippen LogP) is 4.35. The first kappa shape index (κ1) is 15.4. The van der Waals surface area contributed by atoms with Gasteiger partial charge in [-0.05, 0) is 65.8 Å². The molecular weight excluding hydrogens is 393 g/mol. The zero-order valence-corrected chi connectivity index (χ0v) is 14.5. The lowest BCUT2D eigenvalue weighted by atomic mass is 10.2. The monoisotopic (exact) mass is 409 g/mol. The molecule has 104 valence electrons. The van der Waals surface area contributed by atoms with E-state index >= 15 is 0 Å². The van der Waals surface area contributed by atoms with Gasteiger partial charge in [0.15, 0.2) is 0 Å². The molecule has 0 spiro atoms. The van der Waals surface area contributed by atoms with Crippen molar-refractivity contribution < 1.29 is 4.79 Å². The van der Waals surface area contributed by atoms with Gasteiger partial charge in [0.25, 0.3) is 5.91 Å². The lowest BCUT2D eigenvalue weighted by Gasteiger charge is -2.14. The van der Waals surface area contributed by atoms with Crippen LogP contribution in [0.1, 0.15) is 36.5 Å². The summed E-state index contributed by atoms with van der Waals surface area (Å²) in [5.41, 5.74) is 0.680. The summed E-state index contributed by atoms with van der Waals surface area (Å²) in [6, 6.07) is 5.74. The first-order valence-electron chi connectivity index (χ1n) is 6.47. The van der Waals surface area contributed by atoms with Crippen LogP contribution in [-0.2, 0) is 0 Å². The fourth-order valence-electron chi connectivity index (χ4n) is 2.39. The summed E-state index contributed by atoms with van der Waals surface area (Å²) in [6.45, 7) is 2.19.